The molecule has 1 N–H and O–H groups in total. The number of tetrazole rings is 1. The second kappa shape index (κ2) is 6.06. The van der Waals surface area contributed by atoms with Crippen LogP contribution in [0.15, 0.2) is 16.8 Å². The molecule has 98 valence electrons. The van der Waals surface area contributed by atoms with Crippen molar-refractivity contribution >= 4 is 11.3 Å². The first-order valence-corrected chi connectivity index (χ1v) is 7.12. The normalized spacial score (nSPS) is 13.1. The third-order valence-corrected chi connectivity index (χ3v) is 3.49. The molecule has 2 rings (SSSR count). The van der Waals surface area contributed by atoms with Crippen molar-refractivity contribution in [3.05, 3.63) is 28.2 Å². The van der Waals surface area contributed by atoms with Crippen LogP contribution in [-0.4, -0.2) is 26.2 Å². The Morgan fingerprint density at radius 1 is 1.39 bits per heavy atom. The van der Waals surface area contributed by atoms with Gasteiger partial charge in [-0.25, -0.2) is 4.68 Å². The van der Waals surface area contributed by atoms with Crippen LogP contribution >= 0.6 is 11.3 Å². The van der Waals surface area contributed by atoms with Gasteiger partial charge >= 0.3 is 0 Å². The minimum absolute atomic E-state index is 0.276. The van der Waals surface area contributed by atoms with Crippen LogP contribution in [-0.2, 0) is 13.0 Å². The molecule has 2 heterocycles. The Balaban J connectivity index is 2.01. The van der Waals surface area contributed by atoms with E-state index in [9.17, 15) is 0 Å². The monoisotopic (exact) mass is 265 g/mol. The molecule has 1 unspecified atom stereocenters. The van der Waals surface area contributed by atoms with Crippen LogP contribution in [0.25, 0.3) is 0 Å². The molecule has 0 aromatic carbocycles. The Morgan fingerprint density at radius 2 is 2.22 bits per heavy atom. The summed E-state index contributed by atoms with van der Waals surface area (Å²) in [5.74, 6) is 0.895. The summed E-state index contributed by atoms with van der Waals surface area (Å²) in [4.78, 5) is 0. The van der Waals surface area contributed by atoms with E-state index in [0.717, 1.165) is 12.2 Å². The molecule has 0 spiro atoms. The second-order valence-electron chi connectivity index (χ2n) is 4.76. The van der Waals surface area contributed by atoms with Crippen LogP contribution in [0.1, 0.15) is 38.2 Å². The van der Waals surface area contributed by atoms with Gasteiger partial charge < -0.3 is 5.32 Å². The van der Waals surface area contributed by atoms with Crippen molar-refractivity contribution in [2.45, 2.75) is 45.8 Å². The Kier molecular flexibility index (Phi) is 4.43. The van der Waals surface area contributed by atoms with Gasteiger partial charge in [-0.3, -0.25) is 0 Å². The molecule has 0 radical (unpaired) electrons. The molecule has 5 nitrogen and oxygen atoms in total. The molecule has 0 amide bonds. The van der Waals surface area contributed by atoms with Gasteiger partial charge in [0.05, 0.1) is 12.6 Å². The van der Waals surface area contributed by atoms with Gasteiger partial charge in [0, 0.05) is 6.04 Å². The van der Waals surface area contributed by atoms with Crippen LogP contribution in [0.5, 0.6) is 0 Å². The van der Waals surface area contributed by atoms with Crippen molar-refractivity contribution in [3.8, 4) is 0 Å². The third-order valence-electron chi connectivity index (χ3n) is 2.76. The third kappa shape index (κ3) is 3.36. The fraction of sp³-hybridized carbons (Fsp3) is 0.583. The van der Waals surface area contributed by atoms with Gasteiger partial charge in [0.2, 0.25) is 0 Å². The molecule has 0 saturated heterocycles. The van der Waals surface area contributed by atoms with Crippen LogP contribution in [0, 0.1) is 0 Å². The minimum Gasteiger partial charge on any atom is -0.308 e. The molecule has 2 aromatic rings. The van der Waals surface area contributed by atoms with Crippen molar-refractivity contribution in [3.63, 3.8) is 0 Å². The molecule has 6 heteroatoms. The van der Waals surface area contributed by atoms with E-state index in [4.69, 9.17) is 0 Å². The van der Waals surface area contributed by atoms with Crippen molar-refractivity contribution in [2.24, 2.45) is 0 Å². The van der Waals surface area contributed by atoms with E-state index in [1.165, 1.54) is 5.56 Å². The zero-order chi connectivity index (χ0) is 13.0. The smallest absolute Gasteiger partial charge is 0.165 e. The fourth-order valence-corrected chi connectivity index (χ4v) is 2.48. The molecule has 0 fully saturated rings. The van der Waals surface area contributed by atoms with Gasteiger partial charge in [0.25, 0.3) is 0 Å². The van der Waals surface area contributed by atoms with E-state index >= 15 is 0 Å². The first kappa shape index (κ1) is 13.2. The standard InChI is InChI=1S/C12H19N5S/c1-9(2)13-7-12-14-15-16-17(12)10(3)6-11-4-5-18-8-11/h4-5,8-10,13H,6-7H2,1-3H3. The highest BCUT2D eigenvalue weighted by Gasteiger charge is 2.13. The van der Waals surface area contributed by atoms with Crippen molar-refractivity contribution in [1.29, 1.82) is 0 Å². The van der Waals surface area contributed by atoms with E-state index in [2.05, 4.69) is 58.4 Å². The number of rotatable bonds is 6. The highest BCUT2D eigenvalue weighted by Crippen LogP contribution is 2.16. The van der Waals surface area contributed by atoms with Gasteiger partial charge in [0.1, 0.15) is 0 Å². The molecular weight excluding hydrogens is 246 g/mol. The highest BCUT2D eigenvalue weighted by atomic mass is 32.1. The SMILES string of the molecule is CC(C)NCc1nnnn1C(C)Cc1ccsc1. The van der Waals surface area contributed by atoms with Gasteiger partial charge in [-0.2, -0.15) is 11.3 Å². The molecule has 0 aliphatic rings. The number of nitrogens with zero attached hydrogens (tertiary/aromatic N) is 4. The van der Waals surface area contributed by atoms with E-state index < -0.39 is 0 Å². The lowest BCUT2D eigenvalue weighted by molar-refractivity contribution is 0.442. The molecular formula is C12H19N5S. The summed E-state index contributed by atoms with van der Waals surface area (Å²) < 4.78 is 1.91. The quantitative estimate of drug-likeness (QED) is 0.868. The van der Waals surface area contributed by atoms with E-state index in [1.54, 1.807) is 11.3 Å². The summed E-state index contributed by atoms with van der Waals surface area (Å²) in [5, 5.41) is 19.6. The van der Waals surface area contributed by atoms with Gasteiger partial charge in [0.15, 0.2) is 5.82 Å². The Morgan fingerprint density at radius 3 is 2.89 bits per heavy atom. The van der Waals surface area contributed by atoms with Crippen molar-refractivity contribution < 1.29 is 0 Å². The summed E-state index contributed by atoms with van der Waals surface area (Å²) in [7, 11) is 0. The van der Waals surface area contributed by atoms with Crippen LogP contribution in [0.2, 0.25) is 0 Å². The first-order valence-electron chi connectivity index (χ1n) is 6.18. The molecule has 18 heavy (non-hydrogen) atoms. The second-order valence-corrected chi connectivity index (χ2v) is 5.54. The maximum Gasteiger partial charge on any atom is 0.165 e. The summed E-state index contributed by atoms with van der Waals surface area (Å²) in [6.45, 7) is 7.08. The average Bonchev–Trinajstić information content (AvgIpc) is 2.96. The highest BCUT2D eigenvalue weighted by molar-refractivity contribution is 7.07. The van der Waals surface area contributed by atoms with Gasteiger partial charge in [-0.05, 0) is 46.2 Å². The molecule has 0 bridgehead atoms. The molecule has 1 atom stereocenters. The Bertz CT molecular complexity index is 463. The number of aromatic nitrogens is 4. The maximum absolute atomic E-state index is 4.09. The van der Waals surface area contributed by atoms with E-state index in [1.807, 2.05) is 4.68 Å². The zero-order valence-corrected chi connectivity index (χ0v) is 11.8. The van der Waals surface area contributed by atoms with Gasteiger partial charge in [-0.15, -0.1) is 5.10 Å². The number of thiophene rings is 1. The summed E-state index contributed by atoms with van der Waals surface area (Å²) in [6, 6.07) is 2.86. The summed E-state index contributed by atoms with van der Waals surface area (Å²) >= 11 is 1.72. The average molecular weight is 265 g/mol. The van der Waals surface area contributed by atoms with Crippen LogP contribution in [0.3, 0.4) is 0 Å². The Hall–Kier alpha value is -1.27. The van der Waals surface area contributed by atoms with Crippen molar-refractivity contribution in [1.82, 2.24) is 25.5 Å². The molecule has 0 saturated carbocycles. The fourth-order valence-electron chi connectivity index (χ4n) is 1.80. The minimum atomic E-state index is 0.276. The first-order chi connectivity index (χ1) is 8.66. The van der Waals surface area contributed by atoms with Crippen LogP contribution < -0.4 is 5.32 Å². The lowest BCUT2D eigenvalue weighted by atomic mass is 10.1. The van der Waals surface area contributed by atoms with E-state index in [0.29, 0.717) is 12.6 Å². The lowest BCUT2D eigenvalue weighted by Crippen LogP contribution is -2.25. The lowest BCUT2D eigenvalue weighted by Gasteiger charge is -2.13. The summed E-state index contributed by atoms with van der Waals surface area (Å²) in [6.07, 6.45) is 0.962. The maximum atomic E-state index is 4.09. The predicted molar refractivity (Wildman–Crippen MR) is 72.5 cm³/mol. The van der Waals surface area contributed by atoms with Crippen LogP contribution in [0.4, 0.5) is 0 Å². The largest absolute Gasteiger partial charge is 0.308 e. The zero-order valence-electron chi connectivity index (χ0n) is 11.0. The summed E-state index contributed by atoms with van der Waals surface area (Å²) in [5.41, 5.74) is 1.34. The van der Waals surface area contributed by atoms with Crippen molar-refractivity contribution in [2.75, 3.05) is 0 Å². The molecule has 2 aromatic heterocycles. The van der Waals surface area contributed by atoms with E-state index in [-0.39, 0.29) is 6.04 Å². The number of hydrogen-bond donors (Lipinski definition) is 1. The number of hydrogen-bond acceptors (Lipinski definition) is 5. The predicted octanol–water partition coefficient (Wildman–Crippen LogP) is 2.04. The Labute approximate surface area is 111 Å². The molecule has 0 aliphatic heterocycles. The number of nitrogens with one attached hydrogen (secondary N) is 1. The topological polar surface area (TPSA) is 55.6 Å². The molecule has 0 aliphatic carbocycles. The van der Waals surface area contributed by atoms with Gasteiger partial charge in [-0.1, -0.05) is 13.8 Å².